The monoisotopic (exact) mass is 392 g/mol. The van der Waals surface area contributed by atoms with Gasteiger partial charge in [-0.3, -0.25) is 4.79 Å². The lowest BCUT2D eigenvalue weighted by molar-refractivity contribution is -0.256. The van der Waals surface area contributed by atoms with Gasteiger partial charge in [-0.25, -0.2) is 4.79 Å². The highest BCUT2D eigenvalue weighted by molar-refractivity contribution is 5.77. The van der Waals surface area contributed by atoms with Crippen molar-refractivity contribution in [1.29, 1.82) is 0 Å². The molecule has 4 rings (SSSR count). The van der Waals surface area contributed by atoms with Crippen LogP contribution < -0.4 is 0 Å². The van der Waals surface area contributed by atoms with E-state index in [2.05, 4.69) is 4.74 Å². The molecular weight excluding hydrogens is 365 g/mol. The average molecular weight is 392 g/mol. The summed E-state index contributed by atoms with van der Waals surface area (Å²) in [5.41, 5.74) is -3.74. The van der Waals surface area contributed by atoms with Crippen LogP contribution in [0.2, 0.25) is 0 Å². The zero-order valence-corrected chi connectivity index (χ0v) is 15.7. The minimum Gasteiger partial charge on any atom is -0.456 e. The molecule has 27 heavy (non-hydrogen) atoms. The van der Waals surface area contributed by atoms with Crippen molar-refractivity contribution in [3.63, 3.8) is 0 Å². The summed E-state index contributed by atoms with van der Waals surface area (Å²) in [5, 5.41) is 9.32. The van der Waals surface area contributed by atoms with Crippen LogP contribution in [-0.2, 0) is 19.1 Å². The Kier molecular flexibility index (Phi) is 5.25. The van der Waals surface area contributed by atoms with Crippen LogP contribution in [0.1, 0.15) is 58.8 Å². The van der Waals surface area contributed by atoms with Gasteiger partial charge in [0.25, 0.3) is 0 Å². The summed E-state index contributed by atoms with van der Waals surface area (Å²) >= 11 is 0. The zero-order chi connectivity index (χ0) is 20.0. The van der Waals surface area contributed by atoms with Crippen LogP contribution in [0.15, 0.2) is 0 Å². The van der Waals surface area contributed by atoms with Gasteiger partial charge in [-0.1, -0.05) is 6.92 Å². The maximum atomic E-state index is 12.6. The fraction of sp³-hybridized carbons (Fsp3) is 0.895. The van der Waals surface area contributed by atoms with E-state index in [1.165, 1.54) is 6.42 Å². The first kappa shape index (κ1) is 20.4. The smallest absolute Gasteiger partial charge is 0.417 e. The summed E-state index contributed by atoms with van der Waals surface area (Å²) in [5.74, 6) is 0.00423. The van der Waals surface area contributed by atoms with Crippen molar-refractivity contribution in [3.05, 3.63) is 0 Å². The number of rotatable bonds is 6. The quantitative estimate of drug-likeness (QED) is 0.702. The summed E-state index contributed by atoms with van der Waals surface area (Å²) in [7, 11) is 0. The topological polar surface area (TPSA) is 72.8 Å². The van der Waals surface area contributed by atoms with E-state index in [-0.39, 0.29) is 0 Å². The van der Waals surface area contributed by atoms with Crippen molar-refractivity contribution >= 4 is 11.9 Å². The summed E-state index contributed by atoms with van der Waals surface area (Å²) in [6.07, 6.45) is -0.104. The largest absolute Gasteiger partial charge is 0.456 e. The van der Waals surface area contributed by atoms with Crippen molar-refractivity contribution in [1.82, 2.24) is 0 Å². The number of alkyl halides is 3. The van der Waals surface area contributed by atoms with Gasteiger partial charge in [0, 0.05) is 0 Å². The second-order valence-corrected chi connectivity index (χ2v) is 8.70. The third-order valence-electron chi connectivity index (χ3n) is 6.83. The van der Waals surface area contributed by atoms with Crippen LogP contribution in [0.25, 0.3) is 0 Å². The SMILES string of the molecule is CCC1(OC(=O)COC(=O)CC(C)(O)C(F)(F)F)C2CC3CC(C2)CC1C3. The maximum Gasteiger partial charge on any atom is 0.417 e. The second kappa shape index (κ2) is 6.94. The fourth-order valence-corrected chi connectivity index (χ4v) is 5.61. The number of hydrogen-bond acceptors (Lipinski definition) is 5. The number of carbonyl (C=O) groups is 2. The molecule has 8 heteroatoms. The summed E-state index contributed by atoms with van der Waals surface area (Å²) in [4.78, 5) is 23.9. The van der Waals surface area contributed by atoms with Gasteiger partial charge in [0.2, 0.25) is 0 Å². The molecule has 4 aliphatic rings. The molecule has 1 N–H and O–H groups in total. The molecule has 1 unspecified atom stereocenters. The van der Waals surface area contributed by atoms with Crippen LogP contribution in [-0.4, -0.2) is 41.0 Å². The third kappa shape index (κ3) is 3.82. The molecule has 5 nitrogen and oxygen atoms in total. The van der Waals surface area contributed by atoms with Gasteiger partial charge < -0.3 is 14.6 Å². The molecule has 0 heterocycles. The molecule has 0 aliphatic heterocycles. The maximum absolute atomic E-state index is 12.6. The molecule has 4 bridgehead atoms. The highest BCUT2D eigenvalue weighted by atomic mass is 19.4. The van der Waals surface area contributed by atoms with Crippen molar-refractivity contribution in [2.75, 3.05) is 6.61 Å². The van der Waals surface area contributed by atoms with Crippen molar-refractivity contribution in [2.45, 2.75) is 76.2 Å². The van der Waals surface area contributed by atoms with E-state index in [0.29, 0.717) is 37.0 Å². The first-order chi connectivity index (χ1) is 12.5. The van der Waals surface area contributed by atoms with Crippen molar-refractivity contribution < 1.29 is 37.3 Å². The molecule has 0 radical (unpaired) electrons. The normalized spacial score (nSPS) is 37.0. The lowest BCUT2D eigenvalue weighted by atomic mass is 9.49. The molecular formula is C19H27F3O5. The Labute approximate surface area is 156 Å². The van der Waals surface area contributed by atoms with Crippen LogP contribution >= 0.6 is 0 Å². The Morgan fingerprint density at radius 3 is 2.00 bits per heavy atom. The van der Waals surface area contributed by atoms with E-state index in [9.17, 15) is 27.9 Å². The minimum absolute atomic E-state index is 0.310. The molecule has 4 saturated carbocycles. The van der Waals surface area contributed by atoms with Crippen molar-refractivity contribution in [3.8, 4) is 0 Å². The Morgan fingerprint density at radius 2 is 1.56 bits per heavy atom. The molecule has 0 amide bonds. The van der Waals surface area contributed by atoms with E-state index in [0.717, 1.165) is 25.7 Å². The molecule has 4 aliphatic carbocycles. The molecule has 0 aromatic rings. The van der Waals surface area contributed by atoms with E-state index >= 15 is 0 Å². The van der Waals surface area contributed by atoms with Gasteiger partial charge in [-0.2, -0.15) is 13.2 Å². The van der Waals surface area contributed by atoms with Gasteiger partial charge in [-0.15, -0.1) is 0 Å². The van der Waals surface area contributed by atoms with Gasteiger partial charge in [0.15, 0.2) is 12.2 Å². The Balaban J connectivity index is 1.55. The predicted octanol–water partition coefficient (Wildman–Crippen LogP) is 3.38. The number of hydrogen-bond donors (Lipinski definition) is 1. The Morgan fingerprint density at radius 1 is 1.04 bits per heavy atom. The molecule has 0 spiro atoms. The Hall–Kier alpha value is -1.31. The molecule has 0 aromatic carbocycles. The summed E-state index contributed by atoms with van der Waals surface area (Å²) in [6.45, 7) is 1.75. The molecule has 154 valence electrons. The molecule has 4 fully saturated rings. The fourth-order valence-electron chi connectivity index (χ4n) is 5.61. The Bertz CT molecular complexity index is 571. The van der Waals surface area contributed by atoms with E-state index in [4.69, 9.17) is 4.74 Å². The van der Waals surface area contributed by atoms with E-state index in [1.807, 2.05) is 6.92 Å². The third-order valence-corrected chi connectivity index (χ3v) is 6.83. The standard InChI is InChI=1S/C19H27F3O5/c1-3-18(13-5-11-4-12(7-13)8-14(18)6-11)27-16(24)10-26-15(23)9-17(2,25)19(20,21)22/h11-14,25H,3-10H2,1-2H3. The first-order valence-electron chi connectivity index (χ1n) is 9.63. The van der Waals surface area contributed by atoms with Gasteiger partial charge >= 0.3 is 18.1 Å². The number of halogens is 3. The van der Waals surface area contributed by atoms with Gasteiger partial charge in [0.1, 0.15) is 5.60 Å². The average Bonchev–Trinajstić information content (AvgIpc) is 2.54. The van der Waals surface area contributed by atoms with Crippen LogP contribution in [0, 0.1) is 23.7 Å². The van der Waals surface area contributed by atoms with Crippen LogP contribution in [0.4, 0.5) is 13.2 Å². The number of esters is 2. The zero-order valence-electron chi connectivity index (χ0n) is 15.7. The van der Waals surface area contributed by atoms with E-state index in [1.54, 1.807) is 0 Å². The molecule has 0 saturated heterocycles. The number of aliphatic hydroxyl groups is 1. The number of ether oxygens (including phenoxy) is 2. The van der Waals surface area contributed by atoms with Crippen LogP contribution in [0.5, 0.6) is 0 Å². The molecule has 1 atom stereocenters. The molecule has 0 aromatic heterocycles. The summed E-state index contributed by atoms with van der Waals surface area (Å²) < 4.78 is 48.3. The van der Waals surface area contributed by atoms with Crippen LogP contribution in [0.3, 0.4) is 0 Å². The van der Waals surface area contributed by atoms with Gasteiger partial charge in [-0.05, 0) is 69.1 Å². The minimum atomic E-state index is -4.96. The second-order valence-electron chi connectivity index (χ2n) is 8.70. The lowest BCUT2D eigenvalue weighted by Crippen LogP contribution is -2.59. The lowest BCUT2D eigenvalue weighted by Gasteiger charge is -2.60. The number of carbonyl (C=O) groups excluding carboxylic acids is 2. The highest BCUT2D eigenvalue weighted by Gasteiger charge is 2.58. The van der Waals surface area contributed by atoms with Gasteiger partial charge in [0.05, 0.1) is 6.42 Å². The van der Waals surface area contributed by atoms with Crippen molar-refractivity contribution in [2.24, 2.45) is 23.7 Å². The highest BCUT2D eigenvalue weighted by Crippen LogP contribution is 2.60. The van der Waals surface area contributed by atoms with E-state index < -0.39 is 42.3 Å². The first-order valence-corrected chi connectivity index (χ1v) is 9.63. The predicted molar refractivity (Wildman–Crippen MR) is 88.4 cm³/mol. The summed E-state index contributed by atoms with van der Waals surface area (Å²) in [6, 6.07) is 0.